The molecule has 1 heterocycles. The van der Waals surface area contributed by atoms with Gasteiger partial charge in [-0.2, -0.15) is 0 Å². The second kappa shape index (κ2) is 7.54. The van der Waals surface area contributed by atoms with Gasteiger partial charge in [-0.1, -0.05) is 0 Å². The highest BCUT2D eigenvalue weighted by Crippen LogP contribution is 2.24. The highest BCUT2D eigenvalue weighted by Gasteiger charge is 2.08. The van der Waals surface area contributed by atoms with E-state index in [1.54, 1.807) is 7.11 Å². The van der Waals surface area contributed by atoms with E-state index in [0.717, 1.165) is 42.3 Å². The smallest absolute Gasteiger partial charge is 0.156 e. The summed E-state index contributed by atoms with van der Waals surface area (Å²) in [6, 6.07) is 7.71. The minimum Gasteiger partial charge on any atom is -0.497 e. The quantitative estimate of drug-likeness (QED) is 0.785. The summed E-state index contributed by atoms with van der Waals surface area (Å²) >= 11 is 0. The number of anilines is 1. The molecule has 0 saturated heterocycles. The summed E-state index contributed by atoms with van der Waals surface area (Å²) in [6.45, 7) is 1.88. The molecule has 1 N–H and O–H groups in total. The molecule has 0 aliphatic carbocycles. The molecule has 0 radical (unpaired) electrons. The monoisotopic (exact) mass is 287 g/mol. The van der Waals surface area contributed by atoms with E-state index < -0.39 is 0 Å². The first-order chi connectivity index (χ1) is 10.2. The van der Waals surface area contributed by atoms with Gasteiger partial charge in [0.25, 0.3) is 0 Å². The summed E-state index contributed by atoms with van der Waals surface area (Å²) in [7, 11) is 5.78. The van der Waals surface area contributed by atoms with Crippen LogP contribution in [0.3, 0.4) is 0 Å². The zero-order valence-electron chi connectivity index (χ0n) is 12.7. The molecule has 0 aliphatic heterocycles. The number of hydrogen-bond acceptors (Lipinski definition) is 6. The number of methoxy groups -OCH3 is 1. The Bertz CT molecular complexity index is 556. The Hall–Kier alpha value is -2.21. The minimum atomic E-state index is 0.755. The summed E-state index contributed by atoms with van der Waals surface area (Å²) in [6.07, 6.45) is 2.50. The van der Waals surface area contributed by atoms with Crippen LogP contribution >= 0.6 is 0 Å². The molecule has 2 aromatic rings. The van der Waals surface area contributed by atoms with Crippen LogP contribution in [-0.2, 0) is 0 Å². The Balaban J connectivity index is 2.08. The van der Waals surface area contributed by atoms with Crippen molar-refractivity contribution >= 4 is 5.82 Å². The van der Waals surface area contributed by atoms with Crippen LogP contribution in [0.15, 0.2) is 30.6 Å². The molecule has 1 aromatic carbocycles. The molecular weight excluding hydrogens is 266 g/mol. The van der Waals surface area contributed by atoms with Crippen LogP contribution in [0, 0.1) is 0 Å². The fourth-order valence-electron chi connectivity index (χ4n) is 1.95. The van der Waals surface area contributed by atoms with Crippen LogP contribution in [0.1, 0.15) is 6.42 Å². The predicted octanol–water partition coefficient (Wildman–Crippen LogP) is 1.91. The molecule has 0 saturated carbocycles. The average Bonchev–Trinajstić information content (AvgIpc) is 2.52. The van der Waals surface area contributed by atoms with Gasteiger partial charge in [0.05, 0.1) is 7.11 Å². The maximum absolute atomic E-state index is 5.17. The maximum atomic E-state index is 5.17. The first-order valence-corrected chi connectivity index (χ1v) is 6.91. The molecule has 0 fully saturated rings. The Morgan fingerprint density at radius 3 is 2.62 bits per heavy atom. The fourth-order valence-corrected chi connectivity index (χ4v) is 1.95. The van der Waals surface area contributed by atoms with Crippen molar-refractivity contribution in [1.82, 2.24) is 20.1 Å². The molecule has 1 aromatic heterocycles. The molecule has 0 aliphatic rings. The first-order valence-electron chi connectivity index (χ1n) is 6.91. The van der Waals surface area contributed by atoms with Gasteiger partial charge in [-0.15, -0.1) is 10.2 Å². The van der Waals surface area contributed by atoms with Gasteiger partial charge in [-0.05, 0) is 51.3 Å². The largest absolute Gasteiger partial charge is 0.497 e. The van der Waals surface area contributed by atoms with Crippen LogP contribution in [0.5, 0.6) is 5.75 Å². The molecule has 0 bridgehead atoms. The van der Waals surface area contributed by atoms with Crippen molar-refractivity contribution < 1.29 is 4.74 Å². The average molecular weight is 287 g/mol. The molecule has 112 valence electrons. The zero-order valence-corrected chi connectivity index (χ0v) is 12.7. The van der Waals surface area contributed by atoms with Crippen LogP contribution in [0.25, 0.3) is 11.3 Å². The lowest BCUT2D eigenvalue weighted by Crippen LogP contribution is -2.17. The molecule has 0 amide bonds. The van der Waals surface area contributed by atoms with E-state index >= 15 is 0 Å². The van der Waals surface area contributed by atoms with E-state index in [1.807, 2.05) is 24.3 Å². The lowest BCUT2D eigenvalue weighted by molar-refractivity contribution is 0.405. The summed E-state index contributed by atoms with van der Waals surface area (Å²) in [5.74, 6) is 1.57. The van der Waals surface area contributed by atoms with E-state index in [1.165, 1.54) is 6.33 Å². The highest BCUT2D eigenvalue weighted by molar-refractivity contribution is 5.71. The third-order valence-corrected chi connectivity index (χ3v) is 3.06. The number of aromatic nitrogens is 3. The SMILES string of the molecule is COc1ccc(-c2nncnc2NCCCN(C)C)cc1. The summed E-state index contributed by atoms with van der Waals surface area (Å²) in [4.78, 5) is 6.44. The van der Waals surface area contributed by atoms with Gasteiger partial charge < -0.3 is 15.0 Å². The number of rotatable bonds is 7. The predicted molar refractivity (Wildman–Crippen MR) is 83.5 cm³/mol. The van der Waals surface area contributed by atoms with Crippen molar-refractivity contribution in [3.63, 3.8) is 0 Å². The topological polar surface area (TPSA) is 63.2 Å². The molecule has 0 atom stereocenters. The molecule has 21 heavy (non-hydrogen) atoms. The number of nitrogens with one attached hydrogen (secondary N) is 1. The van der Waals surface area contributed by atoms with Gasteiger partial charge in [0, 0.05) is 12.1 Å². The number of hydrogen-bond donors (Lipinski definition) is 1. The molecule has 0 spiro atoms. The second-order valence-corrected chi connectivity index (χ2v) is 4.97. The van der Waals surface area contributed by atoms with Crippen molar-refractivity contribution in [3.05, 3.63) is 30.6 Å². The fraction of sp³-hybridized carbons (Fsp3) is 0.400. The number of ether oxygens (including phenoxy) is 1. The highest BCUT2D eigenvalue weighted by atomic mass is 16.5. The molecule has 0 unspecified atom stereocenters. The molecule has 6 nitrogen and oxygen atoms in total. The second-order valence-electron chi connectivity index (χ2n) is 4.97. The van der Waals surface area contributed by atoms with Gasteiger partial charge in [-0.25, -0.2) is 4.98 Å². The molecular formula is C15H21N5O. The van der Waals surface area contributed by atoms with Gasteiger partial charge in [0.1, 0.15) is 17.8 Å². The Morgan fingerprint density at radius 1 is 1.19 bits per heavy atom. The van der Waals surface area contributed by atoms with E-state index in [9.17, 15) is 0 Å². The lowest BCUT2D eigenvalue weighted by atomic mass is 10.1. The van der Waals surface area contributed by atoms with Crippen molar-refractivity contribution in [2.24, 2.45) is 0 Å². The third-order valence-electron chi connectivity index (χ3n) is 3.06. The third kappa shape index (κ3) is 4.39. The first kappa shape index (κ1) is 15.2. The normalized spacial score (nSPS) is 10.7. The Labute approximate surface area is 125 Å². The summed E-state index contributed by atoms with van der Waals surface area (Å²) in [5, 5.41) is 11.4. The standard InChI is InChI=1S/C15H21N5O/c1-20(2)10-4-9-16-15-14(19-18-11-17-15)12-5-7-13(21-3)8-6-12/h5-8,11H,4,9-10H2,1-3H3,(H,16,17,18). The van der Waals surface area contributed by atoms with Crippen LogP contribution in [0.4, 0.5) is 5.82 Å². The summed E-state index contributed by atoms with van der Waals surface area (Å²) < 4.78 is 5.17. The van der Waals surface area contributed by atoms with E-state index in [4.69, 9.17) is 4.74 Å². The van der Waals surface area contributed by atoms with Gasteiger partial charge in [-0.3, -0.25) is 0 Å². The maximum Gasteiger partial charge on any atom is 0.156 e. The van der Waals surface area contributed by atoms with Crippen LogP contribution < -0.4 is 10.1 Å². The van der Waals surface area contributed by atoms with E-state index in [2.05, 4.69) is 39.5 Å². The van der Waals surface area contributed by atoms with Gasteiger partial charge in [0.2, 0.25) is 0 Å². The molecule has 2 rings (SSSR count). The van der Waals surface area contributed by atoms with Gasteiger partial charge >= 0.3 is 0 Å². The number of nitrogens with zero attached hydrogens (tertiary/aromatic N) is 4. The minimum absolute atomic E-state index is 0.755. The molecule has 6 heteroatoms. The summed E-state index contributed by atoms with van der Waals surface area (Å²) in [5.41, 5.74) is 1.72. The van der Waals surface area contributed by atoms with Crippen LogP contribution in [-0.4, -0.2) is 54.4 Å². The van der Waals surface area contributed by atoms with Crippen LogP contribution in [0.2, 0.25) is 0 Å². The van der Waals surface area contributed by atoms with E-state index in [-0.39, 0.29) is 0 Å². The van der Waals surface area contributed by atoms with Gasteiger partial charge in [0.15, 0.2) is 5.82 Å². The van der Waals surface area contributed by atoms with Crippen molar-refractivity contribution in [1.29, 1.82) is 0 Å². The van der Waals surface area contributed by atoms with Crippen molar-refractivity contribution in [2.45, 2.75) is 6.42 Å². The van der Waals surface area contributed by atoms with E-state index in [0.29, 0.717) is 0 Å². The van der Waals surface area contributed by atoms with Crippen molar-refractivity contribution in [2.75, 3.05) is 39.6 Å². The number of benzene rings is 1. The lowest BCUT2D eigenvalue weighted by Gasteiger charge is -2.12. The van der Waals surface area contributed by atoms with Crippen molar-refractivity contribution in [3.8, 4) is 17.0 Å². The Morgan fingerprint density at radius 2 is 1.95 bits per heavy atom. The Kier molecular flexibility index (Phi) is 5.45. The zero-order chi connectivity index (χ0) is 15.1.